The highest BCUT2D eigenvalue weighted by atomic mass is 32.2. The van der Waals surface area contributed by atoms with Crippen molar-refractivity contribution in [2.45, 2.75) is 29.2 Å². The second-order valence-electron chi connectivity index (χ2n) is 8.54. The third kappa shape index (κ3) is 5.43. The molecule has 0 spiro atoms. The maximum Gasteiger partial charge on any atom is 0.184 e. The summed E-state index contributed by atoms with van der Waals surface area (Å²) in [6, 6.07) is 6.36. The van der Waals surface area contributed by atoms with E-state index in [0.29, 0.717) is 32.8 Å². The predicted octanol–water partition coefficient (Wildman–Crippen LogP) is 1.13. The number of sulfone groups is 2. The molecule has 2 aromatic rings. The Morgan fingerprint density at radius 1 is 1.24 bits per heavy atom. The van der Waals surface area contributed by atoms with Crippen molar-refractivity contribution in [3.8, 4) is 0 Å². The highest BCUT2D eigenvalue weighted by Gasteiger charge is 2.46. The molecule has 33 heavy (non-hydrogen) atoms. The molecule has 3 atom stereocenters. The highest BCUT2D eigenvalue weighted by molar-refractivity contribution is 7.96. The van der Waals surface area contributed by atoms with E-state index in [-0.39, 0.29) is 22.3 Å². The topological polar surface area (TPSA) is 106 Å². The molecule has 0 radical (unpaired) electrons. The van der Waals surface area contributed by atoms with E-state index >= 15 is 0 Å². The zero-order valence-corrected chi connectivity index (χ0v) is 20.0. The summed E-state index contributed by atoms with van der Waals surface area (Å²) < 4.78 is 70.8. The number of halogens is 1. The summed E-state index contributed by atoms with van der Waals surface area (Å²) in [5.41, 5.74) is 1.22. The maximum absolute atomic E-state index is 13.5. The minimum absolute atomic E-state index is 0.0326. The van der Waals surface area contributed by atoms with Crippen LogP contribution in [0.2, 0.25) is 0 Å². The van der Waals surface area contributed by atoms with E-state index in [9.17, 15) is 21.2 Å². The van der Waals surface area contributed by atoms with Crippen LogP contribution in [0.3, 0.4) is 0 Å². The van der Waals surface area contributed by atoms with E-state index in [1.54, 1.807) is 12.4 Å². The summed E-state index contributed by atoms with van der Waals surface area (Å²) in [6.45, 7) is 4.48. The van der Waals surface area contributed by atoms with E-state index in [1.165, 1.54) is 13.0 Å². The molecule has 2 aliphatic heterocycles. The number of nitrogens with one attached hydrogen (secondary N) is 1. The first-order valence-corrected chi connectivity index (χ1v) is 14.2. The monoisotopic (exact) mass is 497 g/mol. The molecule has 0 aliphatic carbocycles. The molecule has 11 heteroatoms. The van der Waals surface area contributed by atoms with Gasteiger partial charge in [-0.25, -0.2) is 21.2 Å². The lowest BCUT2D eigenvalue weighted by Crippen LogP contribution is -2.48. The molecule has 3 heterocycles. The summed E-state index contributed by atoms with van der Waals surface area (Å²) in [4.78, 5) is 6.40. The van der Waals surface area contributed by atoms with Gasteiger partial charge in [-0.15, -0.1) is 0 Å². The SMILES string of the molecule is Cc1cc(F)ccc1S(=O)(=O)[C@H]1CS(=O)(=O)C[C@@H]1NCC(c1cccnc1)N1CCOCC1. The van der Waals surface area contributed by atoms with Crippen molar-refractivity contribution in [3.05, 3.63) is 59.7 Å². The lowest BCUT2D eigenvalue weighted by molar-refractivity contribution is 0.0157. The Morgan fingerprint density at radius 3 is 2.67 bits per heavy atom. The van der Waals surface area contributed by atoms with Crippen LogP contribution in [0.5, 0.6) is 0 Å². The van der Waals surface area contributed by atoms with Crippen LogP contribution in [0.25, 0.3) is 0 Å². The summed E-state index contributed by atoms with van der Waals surface area (Å²) in [5, 5.41) is 2.10. The molecule has 2 fully saturated rings. The van der Waals surface area contributed by atoms with Crippen LogP contribution in [0.1, 0.15) is 17.2 Å². The summed E-state index contributed by atoms with van der Waals surface area (Å²) >= 11 is 0. The molecule has 4 rings (SSSR count). The molecule has 0 bridgehead atoms. The number of hydrogen-bond donors (Lipinski definition) is 1. The molecule has 1 aromatic heterocycles. The zero-order chi connectivity index (χ0) is 23.6. The summed E-state index contributed by atoms with van der Waals surface area (Å²) in [5.74, 6) is -1.26. The van der Waals surface area contributed by atoms with Crippen LogP contribution in [-0.4, -0.2) is 82.4 Å². The second-order valence-corrected chi connectivity index (χ2v) is 12.8. The van der Waals surface area contributed by atoms with E-state index in [4.69, 9.17) is 4.74 Å². The van der Waals surface area contributed by atoms with Crippen molar-refractivity contribution in [3.63, 3.8) is 0 Å². The van der Waals surface area contributed by atoms with Gasteiger partial charge in [0, 0.05) is 44.1 Å². The van der Waals surface area contributed by atoms with Gasteiger partial charge in [0.1, 0.15) is 5.82 Å². The first kappa shape index (κ1) is 24.2. The molecule has 2 aliphatic rings. The zero-order valence-electron chi connectivity index (χ0n) is 18.4. The molecule has 0 amide bonds. The predicted molar refractivity (Wildman–Crippen MR) is 122 cm³/mol. The summed E-state index contributed by atoms with van der Waals surface area (Å²) in [7, 11) is -7.55. The lowest BCUT2D eigenvalue weighted by Gasteiger charge is -2.35. The van der Waals surface area contributed by atoms with Crippen LogP contribution in [0.4, 0.5) is 4.39 Å². The standard InChI is InChI=1S/C22H28FN3O5S2/c1-16-11-18(23)4-5-21(16)33(29,30)22-15-32(27,28)14-19(22)25-13-20(17-3-2-6-24-12-17)26-7-9-31-10-8-26/h2-6,11-12,19-20,22,25H,7-10,13-15H2,1H3/t19-,20?,22-/m0/s1. The third-order valence-corrected chi connectivity index (χ3v) is 10.6. The molecule has 2 saturated heterocycles. The van der Waals surface area contributed by atoms with Crippen molar-refractivity contribution < 1.29 is 26.0 Å². The number of ether oxygens (including phenoxy) is 1. The maximum atomic E-state index is 13.5. The number of benzene rings is 1. The van der Waals surface area contributed by atoms with Crippen molar-refractivity contribution >= 4 is 19.7 Å². The Morgan fingerprint density at radius 2 is 2.00 bits per heavy atom. The van der Waals surface area contributed by atoms with Gasteiger partial charge in [0.05, 0.1) is 34.9 Å². The fourth-order valence-corrected chi connectivity index (χ4v) is 9.53. The van der Waals surface area contributed by atoms with Crippen molar-refractivity contribution in [2.24, 2.45) is 0 Å². The number of aromatic nitrogens is 1. The van der Waals surface area contributed by atoms with Gasteiger partial charge in [-0.3, -0.25) is 9.88 Å². The third-order valence-electron chi connectivity index (χ3n) is 6.27. The Hall–Kier alpha value is -1.92. The first-order chi connectivity index (χ1) is 15.7. The number of nitrogens with zero attached hydrogens (tertiary/aromatic N) is 2. The van der Waals surface area contributed by atoms with Crippen molar-refractivity contribution in [2.75, 3.05) is 44.4 Å². The Labute approximate surface area is 194 Å². The number of aryl methyl sites for hydroxylation is 1. The van der Waals surface area contributed by atoms with Gasteiger partial charge in [-0.1, -0.05) is 6.07 Å². The molecular weight excluding hydrogens is 469 g/mol. The number of morpholine rings is 1. The van der Waals surface area contributed by atoms with E-state index in [0.717, 1.165) is 17.7 Å². The van der Waals surface area contributed by atoms with Crippen molar-refractivity contribution in [1.82, 2.24) is 15.2 Å². The fraction of sp³-hybridized carbons (Fsp3) is 0.500. The minimum atomic E-state index is -4.00. The van der Waals surface area contributed by atoms with Gasteiger partial charge >= 0.3 is 0 Å². The van der Waals surface area contributed by atoms with Crippen LogP contribution >= 0.6 is 0 Å². The Kier molecular flexibility index (Phi) is 7.15. The number of hydrogen-bond acceptors (Lipinski definition) is 8. The Balaban J connectivity index is 1.59. The summed E-state index contributed by atoms with van der Waals surface area (Å²) in [6.07, 6.45) is 3.45. The molecular formula is C22H28FN3O5S2. The second kappa shape index (κ2) is 9.75. The van der Waals surface area contributed by atoms with Gasteiger partial charge in [0.15, 0.2) is 19.7 Å². The van der Waals surface area contributed by atoms with Gasteiger partial charge in [0.25, 0.3) is 0 Å². The average molecular weight is 498 g/mol. The van der Waals surface area contributed by atoms with E-state index in [1.807, 2.05) is 12.1 Å². The molecule has 180 valence electrons. The molecule has 1 aromatic carbocycles. The van der Waals surface area contributed by atoms with Crippen LogP contribution in [-0.2, 0) is 24.4 Å². The normalized spacial score (nSPS) is 24.5. The smallest absolute Gasteiger partial charge is 0.184 e. The van der Waals surface area contributed by atoms with Gasteiger partial charge in [-0.05, 0) is 42.3 Å². The van der Waals surface area contributed by atoms with Gasteiger partial charge in [-0.2, -0.15) is 0 Å². The van der Waals surface area contributed by atoms with E-state index < -0.39 is 42.5 Å². The largest absolute Gasteiger partial charge is 0.379 e. The van der Waals surface area contributed by atoms with Crippen LogP contribution < -0.4 is 5.32 Å². The quantitative estimate of drug-likeness (QED) is 0.568. The van der Waals surface area contributed by atoms with Gasteiger partial charge < -0.3 is 10.1 Å². The lowest BCUT2D eigenvalue weighted by atomic mass is 10.1. The molecule has 0 saturated carbocycles. The highest BCUT2D eigenvalue weighted by Crippen LogP contribution is 2.29. The average Bonchev–Trinajstić information content (AvgIpc) is 3.10. The minimum Gasteiger partial charge on any atom is -0.379 e. The number of rotatable bonds is 7. The molecule has 1 unspecified atom stereocenters. The Bertz CT molecular complexity index is 1190. The van der Waals surface area contributed by atoms with Crippen LogP contribution in [0, 0.1) is 12.7 Å². The van der Waals surface area contributed by atoms with Gasteiger partial charge in [0.2, 0.25) is 0 Å². The number of pyridine rings is 1. The fourth-order valence-electron chi connectivity index (χ4n) is 4.59. The molecule has 8 nitrogen and oxygen atoms in total. The molecule has 1 N–H and O–H groups in total. The van der Waals surface area contributed by atoms with Crippen LogP contribution in [0.15, 0.2) is 47.6 Å². The first-order valence-electron chi connectivity index (χ1n) is 10.8. The van der Waals surface area contributed by atoms with E-state index in [2.05, 4.69) is 15.2 Å². The van der Waals surface area contributed by atoms with Crippen molar-refractivity contribution in [1.29, 1.82) is 0 Å².